The summed E-state index contributed by atoms with van der Waals surface area (Å²) in [6.07, 6.45) is 11.5. The number of para-hydroxylation sites is 1. The highest BCUT2D eigenvalue weighted by Gasteiger charge is 2.72. The zero-order valence-electron chi connectivity index (χ0n) is 28.0. The van der Waals surface area contributed by atoms with E-state index in [-0.39, 0.29) is 27.6 Å². The average Bonchev–Trinajstić information content (AvgIpc) is 3.37. The highest BCUT2D eigenvalue weighted by atomic mass is 16.5. The van der Waals surface area contributed by atoms with Gasteiger partial charge < -0.3 is 9.47 Å². The second-order valence-electron chi connectivity index (χ2n) is 16.5. The maximum absolute atomic E-state index is 14.2. The molecule has 0 heterocycles. The maximum Gasteiger partial charge on any atom is 0.312 e. The van der Waals surface area contributed by atoms with Crippen LogP contribution < -0.4 is 4.74 Å². The summed E-state index contributed by atoms with van der Waals surface area (Å²) in [5, 5.41) is 0. The van der Waals surface area contributed by atoms with Gasteiger partial charge in [0.15, 0.2) is 5.78 Å². The molecule has 4 heteroatoms. The highest BCUT2D eigenvalue weighted by Crippen LogP contribution is 2.77. The molecule has 43 heavy (non-hydrogen) atoms. The fraction of sp³-hybridized carbons (Fsp3) is 0.692. The van der Waals surface area contributed by atoms with Gasteiger partial charge in [0.1, 0.15) is 5.75 Å². The van der Waals surface area contributed by atoms with Crippen molar-refractivity contribution in [2.45, 2.75) is 99.3 Å². The van der Waals surface area contributed by atoms with Gasteiger partial charge in [0.05, 0.1) is 19.6 Å². The fourth-order valence-corrected chi connectivity index (χ4v) is 12.7. The number of ether oxygens (including phenoxy) is 2. The van der Waals surface area contributed by atoms with Gasteiger partial charge in [-0.15, -0.1) is 0 Å². The summed E-state index contributed by atoms with van der Waals surface area (Å²) >= 11 is 0. The minimum atomic E-state index is -0.414. The molecule has 0 bridgehead atoms. The molecule has 9 atom stereocenters. The molecule has 4 nitrogen and oxygen atoms in total. The fourth-order valence-electron chi connectivity index (χ4n) is 12.7. The topological polar surface area (TPSA) is 52.6 Å². The number of allylic oxidation sites excluding steroid dienone is 2. The minimum absolute atomic E-state index is 0.0184. The third kappa shape index (κ3) is 3.99. The summed E-state index contributed by atoms with van der Waals surface area (Å²) < 4.78 is 11.2. The average molecular weight is 587 g/mol. The van der Waals surface area contributed by atoms with E-state index >= 15 is 0 Å². The van der Waals surface area contributed by atoms with E-state index in [1.165, 1.54) is 5.57 Å². The van der Waals surface area contributed by atoms with Crippen molar-refractivity contribution in [2.24, 2.45) is 56.7 Å². The van der Waals surface area contributed by atoms with Crippen LogP contribution in [0.2, 0.25) is 0 Å². The Balaban J connectivity index is 1.42. The second kappa shape index (κ2) is 10.1. The quantitative estimate of drug-likeness (QED) is 0.201. The number of methoxy groups -OCH3 is 2. The van der Waals surface area contributed by atoms with E-state index in [4.69, 9.17) is 9.47 Å². The van der Waals surface area contributed by atoms with Gasteiger partial charge >= 0.3 is 5.97 Å². The number of carbonyl (C=O) groups is 2. The molecule has 5 saturated carbocycles. The Hall–Kier alpha value is -2.36. The van der Waals surface area contributed by atoms with Crippen LogP contribution >= 0.6 is 0 Å². The molecule has 6 rings (SSSR count). The van der Waals surface area contributed by atoms with E-state index in [0.717, 1.165) is 74.7 Å². The molecule has 0 aliphatic heterocycles. The van der Waals surface area contributed by atoms with Crippen molar-refractivity contribution in [1.82, 2.24) is 0 Å². The number of carbonyl (C=O) groups excluding carboxylic acids is 2. The number of ketones is 1. The van der Waals surface area contributed by atoms with Gasteiger partial charge in [-0.25, -0.2) is 0 Å². The van der Waals surface area contributed by atoms with Crippen LogP contribution in [0, 0.1) is 56.7 Å². The highest BCUT2D eigenvalue weighted by molar-refractivity contribution is 6.04. The summed E-state index contributed by atoms with van der Waals surface area (Å²) in [5.74, 6) is 3.19. The third-order valence-electron chi connectivity index (χ3n) is 14.7. The Kier molecular flexibility index (Phi) is 7.18. The van der Waals surface area contributed by atoms with Gasteiger partial charge in [-0.1, -0.05) is 65.0 Å². The van der Waals surface area contributed by atoms with E-state index in [1.54, 1.807) is 14.2 Å². The van der Waals surface area contributed by atoms with Gasteiger partial charge in [0, 0.05) is 11.0 Å². The predicted molar refractivity (Wildman–Crippen MR) is 172 cm³/mol. The van der Waals surface area contributed by atoms with Crippen molar-refractivity contribution in [1.29, 1.82) is 0 Å². The van der Waals surface area contributed by atoms with E-state index in [9.17, 15) is 9.59 Å². The van der Waals surface area contributed by atoms with Crippen molar-refractivity contribution in [3.05, 3.63) is 47.6 Å². The molecule has 0 aromatic heterocycles. The number of benzene rings is 1. The van der Waals surface area contributed by atoms with Crippen LogP contribution in [0.25, 0.3) is 6.08 Å². The van der Waals surface area contributed by atoms with Gasteiger partial charge in [-0.2, -0.15) is 0 Å². The van der Waals surface area contributed by atoms with Crippen LogP contribution in [-0.2, 0) is 14.3 Å². The smallest absolute Gasteiger partial charge is 0.312 e. The van der Waals surface area contributed by atoms with Crippen molar-refractivity contribution in [3.8, 4) is 5.75 Å². The summed E-state index contributed by atoms with van der Waals surface area (Å²) in [6, 6.07) is 8.05. The zero-order chi connectivity index (χ0) is 31.2. The van der Waals surface area contributed by atoms with Crippen LogP contribution in [0.5, 0.6) is 5.75 Å². The molecule has 1 aromatic rings. The molecule has 5 fully saturated rings. The van der Waals surface area contributed by atoms with Crippen molar-refractivity contribution in [3.63, 3.8) is 0 Å². The number of rotatable bonds is 4. The Morgan fingerprint density at radius 1 is 0.907 bits per heavy atom. The molecule has 234 valence electrons. The Labute approximate surface area is 260 Å². The first-order valence-corrected chi connectivity index (χ1v) is 16.8. The lowest BCUT2D eigenvalue weighted by atomic mass is 9.32. The molecule has 0 radical (unpaired) electrons. The largest absolute Gasteiger partial charge is 0.496 e. The monoisotopic (exact) mass is 586 g/mol. The lowest BCUT2D eigenvalue weighted by molar-refractivity contribution is -0.232. The first-order chi connectivity index (χ1) is 20.2. The van der Waals surface area contributed by atoms with Crippen molar-refractivity contribution < 1.29 is 19.1 Å². The molecular weight excluding hydrogens is 532 g/mol. The second-order valence-corrected chi connectivity index (χ2v) is 16.5. The van der Waals surface area contributed by atoms with Crippen molar-refractivity contribution in [2.75, 3.05) is 14.2 Å². The van der Waals surface area contributed by atoms with Crippen molar-refractivity contribution >= 4 is 17.8 Å². The molecule has 0 unspecified atom stereocenters. The first-order valence-electron chi connectivity index (χ1n) is 16.8. The lowest BCUT2D eigenvalue weighted by Crippen LogP contribution is -2.67. The van der Waals surface area contributed by atoms with E-state index in [0.29, 0.717) is 35.4 Å². The SMILES string of the molecule is C=C(C)[C@@H]1CC[C@]2(C(=O)OC)CC[C@]3(C)[C@H](CC[C@@H]4[C@@]5(C)C/C(=C/c6ccccc6OC)C(=O)C(C)(C)[C@H]5CC[C@]43C)[C@@H]12. The zero-order valence-corrected chi connectivity index (χ0v) is 28.0. The molecule has 0 spiro atoms. The van der Waals surface area contributed by atoms with Crippen LogP contribution in [0.3, 0.4) is 0 Å². The molecule has 0 N–H and O–H groups in total. The van der Waals surface area contributed by atoms with E-state index in [2.05, 4.69) is 60.3 Å². The van der Waals surface area contributed by atoms with E-state index in [1.807, 2.05) is 18.2 Å². The van der Waals surface area contributed by atoms with Gasteiger partial charge in [-0.05, 0) is 128 Å². The number of hydrogen-bond donors (Lipinski definition) is 0. The van der Waals surface area contributed by atoms with Crippen LogP contribution in [-0.4, -0.2) is 26.0 Å². The van der Waals surface area contributed by atoms with Crippen LogP contribution in [0.1, 0.15) is 105 Å². The number of hydrogen-bond acceptors (Lipinski definition) is 4. The number of esters is 1. The molecule has 0 amide bonds. The molecular formula is C39H54O4. The summed E-state index contributed by atoms with van der Waals surface area (Å²) in [6.45, 7) is 18.8. The Morgan fingerprint density at radius 3 is 2.30 bits per heavy atom. The number of fused-ring (bicyclic) bond motifs is 7. The maximum atomic E-state index is 14.2. The first kappa shape index (κ1) is 30.7. The Morgan fingerprint density at radius 2 is 1.63 bits per heavy atom. The molecule has 0 saturated heterocycles. The Bertz CT molecular complexity index is 1370. The predicted octanol–water partition coefficient (Wildman–Crippen LogP) is 9.09. The third-order valence-corrected chi connectivity index (χ3v) is 14.7. The normalized spacial score (nSPS) is 44.0. The molecule has 1 aromatic carbocycles. The lowest BCUT2D eigenvalue weighted by Gasteiger charge is -2.72. The minimum Gasteiger partial charge on any atom is -0.496 e. The van der Waals surface area contributed by atoms with Crippen LogP contribution in [0.15, 0.2) is 42.0 Å². The summed E-state index contributed by atoms with van der Waals surface area (Å²) in [5.41, 5.74) is 2.68. The van der Waals surface area contributed by atoms with Gasteiger partial charge in [0.2, 0.25) is 0 Å². The summed E-state index contributed by atoms with van der Waals surface area (Å²) in [7, 11) is 3.29. The molecule has 5 aliphatic carbocycles. The standard InChI is InChI=1S/C39H54O4/c1-24(2)27-16-19-39(34(41)43-9)21-20-37(6)28(32(27)39)14-15-31-36(5)23-26(22-25-12-10-11-13-29(25)42-8)33(40)35(3,4)30(36)17-18-38(31,37)7/h10-13,22,27-28,30-32H,1,14-21,23H2,2-9H3/b26-22-/t27-,28+,30+,31+,32+,36-,37+,38+,39-/m0/s1. The summed E-state index contributed by atoms with van der Waals surface area (Å²) in [4.78, 5) is 27.7. The molecule has 5 aliphatic rings. The number of Topliss-reactive ketones (excluding diaryl/α,β-unsaturated/α-hetero) is 1. The van der Waals surface area contributed by atoms with E-state index < -0.39 is 5.41 Å². The van der Waals surface area contributed by atoms with Gasteiger partial charge in [0.25, 0.3) is 0 Å². The van der Waals surface area contributed by atoms with Gasteiger partial charge in [-0.3, -0.25) is 9.59 Å². The van der Waals surface area contributed by atoms with Crippen LogP contribution in [0.4, 0.5) is 0 Å².